The summed E-state index contributed by atoms with van der Waals surface area (Å²) in [4.78, 5) is 12.6. The first-order valence-corrected chi connectivity index (χ1v) is 8.98. The molecule has 0 aliphatic carbocycles. The minimum absolute atomic E-state index is 0.0605. The number of benzene rings is 2. The molecule has 2 aromatic carbocycles. The van der Waals surface area contributed by atoms with Crippen molar-refractivity contribution in [3.8, 4) is 5.75 Å². The Labute approximate surface area is 160 Å². The van der Waals surface area contributed by atoms with Crippen molar-refractivity contribution in [1.82, 2.24) is 9.78 Å². The van der Waals surface area contributed by atoms with E-state index in [1.165, 1.54) is 23.0 Å². The van der Waals surface area contributed by atoms with Crippen molar-refractivity contribution in [2.24, 2.45) is 0 Å². The smallest absolute Gasteiger partial charge is 0.287 e. The van der Waals surface area contributed by atoms with E-state index in [-0.39, 0.29) is 22.4 Å². The topological polar surface area (TPSA) is 56.1 Å². The standard InChI is InChI=1S/C20H17ClFN3O2/c21-19-17(11-23-25(20(19)26)12-13-4-2-1-3-5-13)24-16-8-9-27-18-7-6-14(22)10-15(16)18/h1-7,10-11,16,24H,8-9,12H2. The van der Waals surface area contributed by atoms with E-state index >= 15 is 0 Å². The van der Waals surface area contributed by atoms with Crippen LogP contribution in [0.5, 0.6) is 5.75 Å². The van der Waals surface area contributed by atoms with Gasteiger partial charge in [0, 0.05) is 12.0 Å². The number of rotatable bonds is 4. The van der Waals surface area contributed by atoms with Crippen LogP contribution in [-0.2, 0) is 6.54 Å². The molecule has 0 saturated heterocycles. The van der Waals surface area contributed by atoms with Crippen LogP contribution in [0.2, 0.25) is 5.02 Å². The van der Waals surface area contributed by atoms with Crippen molar-refractivity contribution >= 4 is 17.3 Å². The largest absolute Gasteiger partial charge is 0.493 e. The molecule has 0 radical (unpaired) electrons. The molecule has 0 fully saturated rings. The normalized spacial score (nSPS) is 15.7. The van der Waals surface area contributed by atoms with E-state index in [2.05, 4.69) is 10.4 Å². The van der Waals surface area contributed by atoms with Crippen LogP contribution in [0.25, 0.3) is 0 Å². The van der Waals surface area contributed by atoms with Gasteiger partial charge in [0.15, 0.2) is 0 Å². The molecule has 1 N–H and O–H groups in total. The van der Waals surface area contributed by atoms with Gasteiger partial charge in [-0.3, -0.25) is 4.79 Å². The van der Waals surface area contributed by atoms with Crippen molar-refractivity contribution in [3.63, 3.8) is 0 Å². The molecular weight excluding hydrogens is 369 g/mol. The number of hydrogen-bond donors (Lipinski definition) is 1. The molecule has 1 unspecified atom stereocenters. The number of anilines is 1. The fourth-order valence-electron chi connectivity index (χ4n) is 3.14. The Hall–Kier alpha value is -2.86. The number of hydrogen-bond acceptors (Lipinski definition) is 4. The van der Waals surface area contributed by atoms with Gasteiger partial charge in [-0.1, -0.05) is 41.9 Å². The summed E-state index contributed by atoms with van der Waals surface area (Å²) >= 11 is 6.30. The predicted molar refractivity (Wildman–Crippen MR) is 102 cm³/mol. The van der Waals surface area contributed by atoms with Crippen LogP contribution < -0.4 is 15.6 Å². The molecule has 27 heavy (non-hydrogen) atoms. The van der Waals surface area contributed by atoms with E-state index in [4.69, 9.17) is 16.3 Å². The molecular formula is C20H17ClFN3O2. The first kappa shape index (κ1) is 17.5. The van der Waals surface area contributed by atoms with E-state index < -0.39 is 0 Å². The highest BCUT2D eigenvalue weighted by molar-refractivity contribution is 6.32. The monoisotopic (exact) mass is 385 g/mol. The maximum Gasteiger partial charge on any atom is 0.287 e. The molecule has 7 heteroatoms. The van der Waals surface area contributed by atoms with Gasteiger partial charge >= 0.3 is 0 Å². The van der Waals surface area contributed by atoms with E-state index in [1.807, 2.05) is 30.3 Å². The zero-order chi connectivity index (χ0) is 18.8. The lowest BCUT2D eigenvalue weighted by molar-refractivity contribution is 0.273. The maximum atomic E-state index is 13.6. The Bertz CT molecular complexity index is 1020. The van der Waals surface area contributed by atoms with Crippen LogP contribution in [0.1, 0.15) is 23.6 Å². The van der Waals surface area contributed by atoms with Crippen molar-refractivity contribution in [3.05, 3.63) is 87.0 Å². The Morgan fingerprint density at radius 1 is 1.26 bits per heavy atom. The minimum atomic E-state index is -0.378. The molecule has 138 valence electrons. The van der Waals surface area contributed by atoms with E-state index in [9.17, 15) is 9.18 Å². The number of nitrogens with one attached hydrogen (secondary N) is 1. The van der Waals surface area contributed by atoms with Crippen molar-refractivity contribution in [2.75, 3.05) is 11.9 Å². The third kappa shape index (κ3) is 3.66. The molecule has 0 amide bonds. The van der Waals surface area contributed by atoms with Gasteiger partial charge in [-0.15, -0.1) is 0 Å². The zero-order valence-electron chi connectivity index (χ0n) is 14.4. The third-order valence-corrected chi connectivity index (χ3v) is 4.87. The van der Waals surface area contributed by atoms with E-state index in [1.54, 1.807) is 6.07 Å². The molecule has 1 aliphatic rings. The lowest BCUT2D eigenvalue weighted by atomic mass is 10.00. The summed E-state index contributed by atoms with van der Waals surface area (Å²) in [5.74, 6) is 0.287. The van der Waals surface area contributed by atoms with Crippen molar-refractivity contribution in [2.45, 2.75) is 19.0 Å². The summed E-state index contributed by atoms with van der Waals surface area (Å²) in [5.41, 5.74) is 1.70. The Morgan fingerprint density at radius 2 is 2.07 bits per heavy atom. The van der Waals surface area contributed by atoms with Gasteiger partial charge < -0.3 is 10.1 Å². The number of aromatic nitrogens is 2. The number of ether oxygens (including phenoxy) is 1. The third-order valence-electron chi connectivity index (χ3n) is 4.50. The fraction of sp³-hybridized carbons (Fsp3) is 0.200. The molecule has 1 atom stereocenters. The summed E-state index contributed by atoms with van der Waals surface area (Å²) in [5, 5.41) is 7.50. The van der Waals surface area contributed by atoms with Crippen LogP contribution in [0, 0.1) is 5.82 Å². The molecule has 3 aromatic rings. The van der Waals surface area contributed by atoms with Crippen LogP contribution in [0.3, 0.4) is 0 Å². The summed E-state index contributed by atoms with van der Waals surface area (Å²) in [6.45, 7) is 0.831. The van der Waals surface area contributed by atoms with Crippen molar-refractivity contribution < 1.29 is 9.13 Å². The van der Waals surface area contributed by atoms with Crippen LogP contribution in [0.4, 0.5) is 10.1 Å². The average Bonchev–Trinajstić information content (AvgIpc) is 2.69. The van der Waals surface area contributed by atoms with Crippen LogP contribution >= 0.6 is 11.6 Å². The summed E-state index contributed by atoms with van der Waals surface area (Å²) in [6.07, 6.45) is 2.15. The van der Waals surface area contributed by atoms with Gasteiger partial charge in [-0.25, -0.2) is 9.07 Å². The highest BCUT2D eigenvalue weighted by atomic mass is 35.5. The lowest BCUT2D eigenvalue weighted by Crippen LogP contribution is -2.26. The van der Waals surface area contributed by atoms with Crippen molar-refractivity contribution in [1.29, 1.82) is 0 Å². The summed E-state index contributed by atoms with van der Waals surface area (Å²) in [7, 11) is 0. The highest BCUT2D eigenvalue weighted by Crippen LogP contribution is 2.35. The SMILES string of the molecule is O=c1c(Cl)c(NC2CCOc3ccc(F)cc32)cnn1Cc1ccccc1. The number of fused-ring (bicyclic) bond motifs is 1. The summed E-state index contributed by atoms with van der Waals surface area (Å²) < 4.78 is 20.5. The second-order valence-corrected chi connectivity index (χ2v) is 6.71. The molecule has 5 nitrogen and oxygen atoms in total. The van der Waals surface area contributed by atoms with Gasteiger partial charge in [-0.2, -0.15) is 5.10 Å². The van der Waals surface area contributed by atoms with Gasteiger partial charge in [0.05, 0.1) is 31.1 Å². The zero-order valence-corrected chi connectivity index (χ0v) is 15.1. The Kier molecular flexibility index (Phi) is 4.81. The predicted octanol–water partition coefficient (Wildman–Crippen LogP) is 4.02. The second kappa shape index (κ2) is 7.40. The van der Waals surface area contributed by atoms with Gasteiger partial charge in [0.2, 0.25) is 0 Å². The maximum absolute atomic E-state index is 13.6. The fourth-order valence-corrected chi connectivity index (χ4v) is 3.34. The van der Waals surface area contributed by atoms with Crippen LogP contribution in [-0.4, -0.2) is 16.4 Å². The van der Waals surface area contributed by atoms with E-state index in [0.717, 1.165) is 5.56 Å². The molecule has 0 saturated carbocycles. The molecule has 1 aliphatic heterocycles. The second-order valence-electron chi connectivity index (χ2n) is 6.34. The van der Waals surface area contributed by atoms with Gasteiger partial charge in [0.25, 0.3) is 5.56 Å². The summed E-state index contributed by atoms with van der Waals surface area (Å²) in [6, 6.07) is 13.7. The molecule has 4 rings (SSSR count). The number of halogens is 2. The highest BCUT2D eigenvalue weighted by Gasteiger charge is 2.23. The van der Waals surface area contributed by atoms with E-state index in [0.29, 0.717) is 36.6 Å². The Morgan fingerprint density at radius 3 is 2.89 bits per heavy atom. The Balaban J connectivity index is 1.60. The minimum Gasteiger partial charge on any atom is -0.493 e. The number of nitrogens with zero attached hydrogens (tertiary/aromatic N) is 2. The van der Waals surface area contributed by atoms with Gasteiger partial charge in [-0.05, 0) is 23.8 Å². The lowest BCUT2D eigenvalue weighted by Gasteiger charge is -2.27. The average molecular weight is 386 g/mol. The molecule has 2 heterocycles. The van der Waals surface area contributed by atoms with Crippen LogP contribution in [0.15, 0.2) is 59.5 Å². The first-order chi connectivity index (χ1) is 13.1. The molecule has 1 aromatic heterocycles. The molecule has 0 bridgehead atoms. The molecule has 0 spiro atoms. The van der Waals surface area contributed by atoms with Gasteiger partial charge in [0.1, 0.15) is 16.6 Å². The quantitative estimate of drug-likeness (QED) is 0.737. The first-order valence-electron chi connectivity index (χ1n) is 8.60.